The van der Waals surface area contributed by atoms with Crippen LogP contribution in [0.2, 0.25) is 5.02 Å². The molecule has 140 valence electrons. The van der Waals surface area contributed by atoms with Gasteiger partial charge >= 0.3 is 0 Å². The largest absolute Gasteiger partial charge is 0.489 e. The predicted octanol–water partition coefficient (Wildman–Crippen LogP) is 2.76. The first kappa shape index (κ1) is 19.2. The zero-order valence-corrected chi connectivity index (χ0v) is 15.6. The molecular weight excluding hydrogens is 353 g/mol. The summed E-state index contributed by atoms with van der Waals surface area (Å²) in [6.07, 6.45) is 2.95. The molecule has 0 aliphatic carbocycles. The number of benzene rings is 2. The molecule has 1 fully saturated rings. The lowest BCUT2D eigenvalue weighted by Gasteiger charge is -2.30. The standard InChI is InChI=1S/C21H25ClFNO2/c22-20-13-18(23)6-7-21(20)26-15-19(25)14-24-10-8-17(9-11-24)12-16-4-2-1-3-5-16/h1-7,13,17,19,25H,8-12,14-15H2/p+1/t19-/m0/s1. The topological polar surface area (TPSA) is 33.9 Å². The van der Waals surface area contributed by atoms with E-state index in [4.69, 9.17) is 16.3 Å². The Morgan fingerprint density at radius 1 is 1.15 bits per heavy atom. The normalized spacial score (nSPS) is 21.3. The number of ether oxygens (including phenoxy) is 1. The summed E-state index contributed by atoms with van der Waals surface area (Å²) in [5.41, 5.74) is 1.41. The number of quaternary nitrogens is 1. The molecule has 5 heteroatoms. The number of aliphatic hydroxyl groups is 1. The second-order valence-electron chi connectivity index (χ2n) is 7.13. The zero-order valence-electron chi connectivity index (χ0n) is 14.8. The lowest BCUT2D eigenvalue weighted by atomic mass is 9.90. The van der Waals surface area contributed by atoms with Gasteiger partial charge in [0.05, 0.1) is 18.1 Å². The van der Waals surface area contributed by atoms with Crippen molar-refractivity contribution >= 4 is 11.6 Å². The summed E-state index contributed by atoms with van der Waals surface area (Å²) >= 11 is 5.94. The van der Waals surface area contributed by atoms with Crippen LogP contribution in [0.1, 0.15) is 18.4 Å². The molecule has 3 rings (SSSR count). The van der Waals surface area contributed by atoms with Crippen LogP contribution in [-0.2, 0) is 6.42 Å². The van der Waals surface area contributed by atoms with Crippen LogP contribution < -0.4 is 9.64 Å². The van der Waals surface area contributed by atoms with E-state index in [1.165, 1.54) is 41.5 Å². The fourth-order valence-electron chi connectivity index (χ4n) is 3.61. The third-order valence-corrected chi connectivity index (χ3v) is 5.32. The first-order chi connectivity index (χ1) is 12.6. The average Bonchev–Trinajstić information content (AvgIpc) is 2.63. The lowest BCUT2D eigenvalue weighted by molar-refractivity contribution is -0.909. The van der Waals surface area contributed by atoms with Gasteiger partial charge in [-0.25, -0.2) is 4.39 Å². The summed E-state index contributed by atoms with van der Waals surface area (Å²) < 4.78 is 18.6. The quantitative estimate of drug-likeness (QED) is 0.776. The van der Waals surface area contributed by atoms with Gasteiger partial charge in [0, 0.05) is 0 Å². The molecule has 1 aliphatic rings. The molecule has 0 spiro atoms. The minimum absolute atomic E-state index is 0.169. The molecule has 0 bridgehead atoms. The molecular formula is C21H26ClFNO2+. The molecule has 0 radical (unpaired) electrons. The summed E-state index contributed by atoms with van der Waals surface area (Å²) in [4.78, 5) is 1.41. The van der Waals surface area contributed by atoms with Crippen LogP contribution in [0.4, 0.5) is 4.39 Å². The van der Waals surface area contributed by atoms with Gasteiger partial charge in [0.15, 0.2) is 0 Å². The van der Waals surface area contributed by atoms with E-state index in [0.717, 1.165) is 25.4 Å². The van der Waals surface area contributed by atoms with Crippen LogP contribution in [0.15, 0.2) is 48.5 Å². The van der Waals surface area contributed by atoms with Crippen molar-refractivity contribution in [1.29, 1.82) is 0 Å². The SMILES string of the molecule is O[C@H](COc1ccc(F)cc1Cl)C[NH+]1CCC(Cc2ccccc2)CC1. The molecule has 1 saturated heterocycles. The molecule has 1 atom stereocenters. The van der Waals surface area contributed by atoms with E-state index in [1.54, 1.807) is 0 Å². The van der Waals surface area contributed by atoms with E-state index in [1.807, 2.05) is 0 Å². The predicted molar refractivity (Wildman–Crippen MR) is 101 cm³/mol. The number of hydrogen-bond acceptors (Lipinski definition) is 2. The third kappa shape index (κ3) is 5.70. The van der Waals surface area contributed by atoms with Crippen molar-refractivity contribution in [2.24, 2.45) is 5.92 Å². The first-order valence-corrected chi connectivity index (χ1v) is 9.61. The Morgan fingerprint density at radius 2 is 1.88 bits per heavy atom. The average molecular weight is 379 g/mol. The van der Waals surface area contributed by atoms with Crippen LogP contribution in [0, 0.1) is 11.7 Å². The molecule has 0 aromatic heterocycles. The number of halogens is 2. The van der Waals surface area contributed by atoms with Gasteiger partial charge < -0.3 is 14.7 Å². The molecule has 0 saturated carbocycles. The van der Waals surface area contributed by atoms with Gasteiger partial charge in [-0.2, -0.15) is 0 Å². The maximum absolute atomic E-state index is 13.0. The maximum atomic E-state index is 13.0. The third-order valence-electron chi connectivity index (χ3n) is 5.03. The fraction of sp³-hybridized carbons (Fsp3) is 0.429. The molecule has 2 N–H and O–H groups in total. The summed E-state index contributed by atoms with van der Waals surface area (Å²) in [6, 6.07) is 14.6. The summed E-state index contributed by atoms with van der Waals surface area (Å²) in [5, 5.41) is 10.5. The fourth-order valence-corrected chi connectivity index (χ4v) is 3.83. The molecule has 2 aromatic rings. The van der Waals surface area contributed by atoms with Gasteiger partial charge in [-0.3, -0.25) is 0 Å². The van der Waals surface area contributed by atoms with Crippen molar-refractivity contribution in [3.63, 3.8) is 0 Å². The van der Waals surface area contributed by atoms with Crippen molar-refractivity contribution in [2.45, 2.75) is 25.4 Å². The Bertz CT molecular complexity index is 690. The van der Waals surface area contributed by atoms with Crippen molar-refractivity contribution in [1.82, 2.24) is 0 Å². The number of nitrogens with one attached hydrogen (secondary N) is 1. The molecule has 1 heterocycles. The summed E-state index contributed by atoms with van der Waals surface area (Å²) in [7, 11) is 0. The summed E-state index contributed by atoms with van der Waals surface area (Å²) in [6.45, 7) is 2.98. The monoisotopic (exact) mass is 378 g/mol. The Balaban J connectivity index is 1.38. The van der Waals surface area contributed by atoms with Crippen LogP contribution in [-0.4, -0.2) is 37.5 Å². The number of rotatable bonds is 7. The Morgan fingerprint density at radius 3 is 2.58 bits per heavy atom. The highest BCUT2D eigenvalue weighted by Gasteiger charge is 2.24. The minimum Gasteiger partial charge on any atom is -0.489 e. The Hall–Kier alpha value is -1.62. The highest BCUT2D eigenvalue weighted by Crippen LogP contribution is 2.24. The van der Waals surface area contributed by atoms with E-state index in [9.17, 15) is 9.50 Å². The van der Waals surface area contributed by atoms with Crippen molar-refractivity contribution in [3.05, 3.63) is 64.9 Å². The van der Waals surface area contributed by atoms with E-state index in [2.05, 4.69) is 30.3 Å². The number of hydrogen-bond donors (Lipinski definition) is 2. The molecule has 2 aromatic carbocycles. The summed E-state index contributed by atoms with van der Waals surface area (Å²) in [5.74, 6) is 0.738. The van der Waals surface area contributed by atoms with Crippen LogP contribution >= 0.6 is 11.6 Å². The first-order valence-electron chi connectivity index (χ1n) is 9.23. The zero-order chi connectivity index (χ0) is 18.4. The molecule has 1 aliphatic heterocycles. The van der Waals surface area contributed by atoms with Gasteiger partial charge in [-0.15, -0.1) is 0 Å². The second kappa shape index (κ2) is 9.36. The Labute approximate surface area is 159 Å². The molecule has 0 amide bonds. The second-order valence-corrected chi connectivity index (χ2v) is 7.53. The van der Waals surface area contributed by atoms with Gasteiger partial charge in [0.25, 0.3) is 0 Å². The number of likely N-dealkylation sites (tertiary alicyclic amines) is 1. The van der Waals surface area contributed by atoms with Gasteiger partial charge in [0.1, 0.15) is 30.8 Å². The van der Waals surface area contributed by atoms with E-state index in [-0.39, 0.29) is 11.6 Å². The molecule has 0 unspecified atom stereocenters. The Kier molecular flexibility index (Phi) is 6.89. The van der Waals surface area contributed by atoms with Crippen molar-refractivity contribution in [2.75, 3.05) is 26.2 Å². The number of aliphatic hydroxyl groups excluding tert-OH is 1. The smallest absolute Gasteiger partial charge is 0.138 e. The lowest BCUT2D eigenvalue weighted by Crippen LogP contribution is -3.14. The van der Waals surface area contributed by atoms with Crippen LogP contribution in [0.5, 0.6) is 5.75 Å². The molecule has 3 nitrogen and oxygen atoms in total. The minimum atomic E-state index is -0.559. The van der Waals surface area contributed by atoms with Crippen LogP contribution in [0.3, 0.4) is 0 Å². The number of piperidine rings is 1. The van der Waals surface area contributed by atoms with Gasteiger partial charge in [0.2, 0.25) is 0 Å². The van der Waals surface area contributed by atoms with Gasteiger partial charge in [-0.1, -0.05) is 41.9 Å². The van der Waals surface area contributed by atoms with Crippen molar-refractivity contribution < 1.29 is 19.1 Å². The van der Waals surface area contributed by atoms with Gasteiger partial charge in [-0.05, 0) is 48.9 Å². The van der Waals surface area contributed by atoms with E-state index < -0.39 is 11.9 Å². The van der Waals surface area contributed by atoms with Crippen LogP contribution in [0.25, 0.3) is 0 Å². The highest BCUT2D eigenvalue weighted by molar-refractivity contribution is 6.32. The maximum Gasteiger partial charge on any atom is 0.138 e. The van der Waals surface area contributed by atoms with E-state index >= 15 is 0 Å². The molecule has 26 heavy (non-hydrogen) atoms. The highest BCUT2D eigenvalue weighted by atomic mass is 35.5. The van der Waals surface area contributed by atoms with E-state index in [0.29, 0.717) is 12.3 Å². The van der Waals surface area contributed by atoms with Crippen molar-refractivity contribution in [3.8, 4) is 5.75 Å².